The molecule has 1 aliphatic rings. The number of fused-ring (bicyclic) bond motifs is 1. The van der Waals surface area contributed by atoms with Crippen molar-refractivity contribution in [2.45, 2.75) is 13.8 Å². The Morgan fingerprint density at radius 2 is 2.18 bits per heavy atom. The average molecular weight is 295 g/mol. The predicted molar refractivity (Wildman–Crippen MR) is 79.7 cm³/mol. The summed E-state index contributed by atoms with van der Waals surface area (Å²) in [5.74, 6) is 0.377. The fourth-order valence-electron chi connectivity index (χ4n) is 2.32. The summed E-state index contributed by atoms with van der Waals surface area (Å²) < 4.78 is 10.7. The van der Waals surface area contributed by atoms with Crippen LogP contribution in [0.4, 0.5) is 0 Å². The second-order valence-electron chi connectivity index (χ2n) is 4.93. The molecule has 2 heterocycles. The maximum Gasteiger partial charge on any atom is 0.308 e. The second-order valence-corrected chi connectivity index (χ2v) is 4.93. The van der Waals surface area contributed by atoms with Crippen LogP contribution in [0.25, 0.3) is 6.08 Å². The highest BCUT2D eigenvalue weighted by Crippen LogP contribution is 2.37. The highest BCUT2D eigenvalue weighted by atomic mass is 16.5. The number of esters is 1. The molecular weight excluding hydrogens is 282 g/mol. The van der Waals surface area contributed by atoms with Gasteiger partial charge in [0.1, 0.15) is 11.5 Å². The number of benzene rings is 1. The molecule has 1 aromatic carbocycles. The summed E-state index contributed by atoms with van der Waals surface area (Å²) in [4.78, 5) is 27.5. The Hall–Kier alpha value is -2.95. The van der Waals surface area contributed by atoms with E-state index < -0.39 is 5.97 Å². The standard InChI is InChI=1S/C17H13NO4/c1-10-6-13(21-11(2)19)8-14-16(10)17(20)15(22-14)7-12-4-3-5-18-9-12/h3-9H,1-2H3. The van der Waals surface area contributed by atoms with Crippen molar-refractivity contribution < 1.29 is 19.1 Å². The maximum absolute atomic E-state index is 12.4. The number of aromatic nitrogens is 1. The number of Topliss-reactive ketones (excluding diaryl/α,β-unsaturated/α-hetero) is 1. The van der Waals surface area contributed by atoms with Crippen LogP contribution in [0.5, 0.6) is 11.5 Å². The third kappa shape index (κ3) is 2.61. The normalized spacial score (nSPS) is 14.6. The summed E-state index contributed by atoms with van der Waals surface area (Å²) >= 11 is 0. The molecule has 0 bridgehead atoms. The summed E-state index contributed by atoms with van der Waals surface area (Å²) in [5, 5.41) is 0. The molecule has 0 saturated heterocycles. The first-order valence-corrected chi connectivity index (χ1v) is 6.72. The molecule has 0 amide bonds. The number of rotatable bonds is 2. The number of pyridine rings is 1. The van der Waals surface area contributed by atoms with Crippen molar-refractivity contribution in [1.82, 2.24) is 4.98 Å². The van der Waals surface area contributed by atoms with E-state index in [1.807, 2.05) is 6.07 Å². The zero-order valence-electron chi connectivity index (χ0n) is 12.1. The quantitative estimate of drug-likeness (QED) is 0.484. The number of carbonyl (C=O) groups is 2. The van der Waals surface area contributed by atoms with Gasteiger partial charge in [-0.2, -0.15) is 0 Å². The smallest absolute Gasteiger partial charge is 0.308 e. The van der Waals surface area contributed by atoms with Crippen molar-refractivity contribution in [3.05, 3.63) is 59.1 Å². The summed E-state index contributed by atoms with van der Waals surface area (Å²) in [6, 6.07) is 6.81. The highest BCUT2D eigenvalue weighted by Gasteiger charge is 2.30. The molecule has 22 heavy (non-hydrogen) atoms. The van der Waals surface area contributed by atoms with Gasteiger partial charge in [-0.15, -0.1) is 0 Å². The molecule has 0 spiro atoms. The summed E-state index contributed by atoms with van der Waals surface area (Å²) in [7, 11) is 0. The molecule has 3 rings (SSSR count). The van der Waals surface area contributed by atoms with E-state index in [0.29, 0.717) is 22.6 Å². The van der Waals surface area contributed by atoms with Gasteiger partial charge in [0.25, 0.3) is 0 Å². The van der Waals surface area contributed by atoms with E-state index in [-0.39, 0.29) is 11.5 Å². The third-order valence-electron chi connectivity index (χ3n) is 3.19. The molecule has 2 aromatic rings. The van der Waals surface area contributed by atoms with Gasteiger partial charge in [-0.25, -0.2) is 0 Å². The Labute approximate surface area is 127 Å². The van der Waals surface area contributed by atoms with Crippen molar-refractivity contribution >= 4 is 17.8 Å². The molecule has 0 radical (unpaired) electrons. The monoisotopic (exact) mass is 295 g/mol. The number of aryl methyl sites for hydroxylation is 1. The zero-order valence-corrected chi connectivity index (χ0v) is 12.1. The molecule has 110 valence electrons. The van der Waals surface area contributed by atoms with Gasteiger partial charge in [-0.1, -0.05) is 6.07 Å². The lowest BCUT2D eigenvalue weighted by Gasteiger charge is -2.05. The van der Waals surface area contributed by atoms with Gasteiger partial charge >= 0.3 is 5.97 Å². The van der Waals surface area contributed by atoms with E-state index in [1.54, 1.807) is 43.6 Å². The molecular formula is C17H13NO4. The van der Waals surface area contributed by atoms with Crippen LogP contribution in [0.2, 0.25) is 0 Å². The van der Waals surface area contributed by atoms with Crippen LogP contribution in [0.1, 0.15) is 28.4 Å². The van der Waals surface area contributed by atoms with Crippen molar-refractivity contribution in [3.63, 3.8) is 0 Å². The molecule has 0 saturated carbocycles. The molecule has 5 nitrogen and oxygen atoms in total. The summed E-state index contributed by atoms with van der Waals surface area (Å²) in [6.45, 7) is 3.10. The SMILES string of the molecule is CC(=O)Oc1cc(C)c2c(c1)OC(=Cc1cccnc1)C2=O. The Morgan fingerprint density at radius 1 is 1.36 bits per heavy atom. The lowest BCUT2D eigenvalue weighted by molar-refractivity contribution is -0.131. The minimum absolute atomic E-state index is 0.189. The Bertz CT molecular complexity index is 794. The van der Waals surface area contributed by atoms with Gasteiger partial charge in [0.05, 0.1) is 5.56 Å². The van der Waals surface area contributed by atoms with Crippen molar-refractivity contribution in [3.8, 4) is 11.5 Å². The Kier molecular flexibility index (Phi) is 3.47. The molecule has 0 N–H and O–H groups in total. The van der Waals surface area contributed by atoms with Crippen molar-refractivity contribution in [2.24, 2.45) is 0 Å². The van der Waals surface area contributed by atoms with E-state index in [9.17, 15) is 9.59 Å². The Morgan fingerprint density at radius 3 is 2.86 bits per heavy atom. The topological polar surface area (TPSA) is 65.5 Å². The molecule has 0 atom stereocenters. The number of ketones is 1. The van der Waals surface area contributed by atoms with Gasteiger partial charge in [0.2, 0.25) is 5.78 Å². The van der Waals surface area contributed by atoms with Crippen LogP contribution in [-0.4, -0.2) is 16.7 Å². The van der Waals surface area contributed by atoms with Gasteiger partial charge in [0, 0.05) is 25.4 Å². The van der Waals surface area contributed by atoms with Crippen LogP contribution < -0.4 is 9.47 Å². The minimum Gasteiger partial charge on any atom is -0.452 e. The number of hydrogen-bond acceptors (Lipinski definition) is 5. The van der Waals surface area contributed by atoms with Gasteiger partial charge < -0.3 is 9.47 Å². The van der Waals surface area contributed by atoms with Crippen LogP contribution in [0.3, 0.4) is 0 Å². The van der Waals surface area contributed by atoms with Crippen LogP contribution in [0.15, 0.2) is 42.4 Å². The predicted octanol–water partition coefficient (Wildman–Crippen LogP) is 2.93. The first-order valence-electron chi connectivity index (χ1n) is 6.72. The number of hydrogen-bond donors (Lipinski definition) is 0. The summed E-state index contributed by atoms with van der Waals surface area (Å²) in [6.07, 6.45) is 4.94. The molecule has 5 heteroatoms. The van der Waals surface area contributed by atoms with Crippen LogP contribution in [-0.2, 0) is 4.79 Å². The van der Waals surface area contributed by atoms with E-state index in [4.69, 9.17) is 9.47 Å². The van der Waals surface area contributed by atoms with Crippen LogP contribution >= 0.6 is 0 Å². The van der Waals surface area contributed by atoms with Gasteiger partial charge in [-0.3, -0.25) is 14.6 Å². The number of nitrogens with zero attached hydrogens (tertiary/aromatic N) is 1. The maximum atomic E-state index is 12.4. The third-order valence-corrected chi connectivity index (χ3v) is 3.19. The first-order chi connectivity index (χ1) is 10.5. The summed E-state index contributed by atoms with van der Waals surface area (Å²) in [5.41, 5.74) is 1.97. The van der Waals surface area contributed by atoms with Crippen molar-refractivity contribution in [2.75, 3.05) is 0 Å². The first kappa shape index (κ1) is 14.0. The number of ether oxygens (including phenoxy) is 2. The zero-order chi connectivity index (χ0) is 15.7. The lowest BCUT2D eigenvalue weighted by Crippen LogP contribution is -2.02. The van der Waals surface area contributed by atoms with E-state index in [2.05, 4.69) is 4.98 Å². The largest absolute Gasteiger partial charge is 0.452 e. The highest BCUT2D eigenvalue weighted by molar-refractivity contribution is 6.15. The number of allylic oxidation sites excluding steroid dienone is 1. The second kappa shape index (κ2) is 5.44. The van der Waals surface area contributed by atoms with Gasteiger partial charge in [-0.05, 0) is 36.3 Å². The van der Waals surface area contributed by atoms with E-state index >= 15 is 0 Å². The van der Waals surface area contributed by atoms with E-state index in [0.717, 1.165) is 5.56 Å². The molecule has 0 fully saturated rings. The fourth-order valence-corrected chi connectivity index (χ4v) is 2.32. The van der Waals surface area contributed by atoms with Gasteiger partial charge in [0.15, 0.2) is 5.76 Å². The molecule has 0 aliphatic carbocycles. The van der Waals surface area contributed by atoms with E-state index in [1.165, 1.54) is 6.92 Å². The fraction of sp³-hybridized carbons (Fsp3) is 0.118. The molecule has 1 aromatic heterocycles. The molecule has 0 unspecified atom stereocenters. The number of carbonyl (C=O) groups excluding carboxylic acids is 2. The van der Waals surface area contributed by atoms with Crippen LogP contribution in [0, 0.1) is 6.92 Å². The minimum atomic E-state index is -0.421. The van der Waals surface area contributed by atoms with Crippen molar-refractivity contribution in [1.29, 1.82) is 0 Å². The lowest BCUT2D eigenvalue weighted by atomic mass is 10.0. The average Bonchev–Trinajstić information content (AvgIpc) is 2.76. The Balaban J connectivity index is 1.98. The molecule has 1 aliphatic heterocycles.